The average Bonchev–Trinajstić information content (AvgIpc) is 2.95. The summed E-state index contributed by atoms with van der Waals surface area (Å²) in [7, 11) is 0. The van der Waals surface area contributed by atoms with Crippen LogP contribution in [0.25, 0.3) is 0 Å². The van der Waals surface area contributed by atoms with E-state index < -0.39 is 11.9 Å². The van der Waals surface area contributed by atoms with Crippen LogP contribution in [0.5, 0.6) is 0 Å². The van der Waals surface area contributed by atoms with Crippen LogP contribution in [0.4, 0.5) is 0 Å². The number of hydrogen-bond donors (Lipinski definition) is 3. The molecule has 0 aliphatic carbocycles. The Morgan fingerprint density at radius 3 is 2.23 bits per heavy atom. The van der Waals surface area contributed by atoms with Crippen LogP contribution in [0, 0.1) is 0 Å². The van der Waals surface area contributed by atoms with Crippen molar-refractivity contribution >= 4 is 17.9 Å². The number of likely N-dealkylation sites (tertiary alicyclic amines) is 1. The Labute approximate surface area is 153 Å². The maximum Gasteiger partial charge on any atom is 0.306 e. The number of esters is 1. The van der Waals surface area contributed by atoms with Crippen molar-refractivity contribution in [3.8, 4) is 0 Å². The summed E-state index contributed by atoms with van der Waals surface area (Å²) in [5.41, 5.74) is 0.0705. The normalized spacial score (nSPS) is 24.5. The number of hydrogen-bond acceptors (Lipinski definition) is 7. The largest absolute Gasteiger partial charge is 0.481 e. The Balaban J connectivity index is 0.000000360. The van der Waals surface area contributed by atoms with Gasteiger partial charge in [0.05, 0.1) is 12.2 Å². The Hall–Kier alpha value is -1.71. The minimum absolute atomic E-state index is 0.0340. The zero-order chi connectivity index (χ0) is 19.6. The number of nitrogens with zero attached hydrogens (tertiary/aromatic N) is 1. The van der Waals surface area contributed by atoms with E-state index in [0.717, 1.165) is 72.4 Å². The molecule has 3 fully saturated rings. The molecule has 9 nitrogen and oxygen atoms in total. The van der Waals surface area contributed by atoms with Gasteiger partial charge in [-0.1, -0.05) is 0 Å². The van der Waals surface area contributed by atoms with Gasteiger partial charge in [-0.05, 0) is 19.3 Å². The van der Waals surface area contributed by atoms with Crippen LogP contribution in [0.3, 0.4) is 0 Å². The second-order valence-corrected chi connectivity index (χ2v) is 6.70. The Kier molecular flexibility index (Phi) is 9.53. The van der Waals surface area contributed by atoms with E-state index in [1.807, 2.05) is 0 Å². The zero-order valence-corrected chi connectivity index (χ0v) is 15.5. The number of carbonyl (C=O) groups is 3. The molecule has 3 N–H and O–H groups in total. The van der Waals surface area contributed by atoms with Crippen molar-refractivity contribution in [3.63, 3.8) is 0 Å². The van der Waals surface area contributed by atoms with E-state index in [4.69, 9.17) is 29.3 Å². The molecule has 0 radical (unpaired) electrons. The van der Waals surface area contributed by atoms with Crippen molar-refractivity contribution in [2.45, 2.75) is 51.2 Å². The van der Waals surface area contributed by atoms with Crippen LogP contribution in [-0.2, 0) is 23.9 Å². The number of cyclic esters (lactones) is 1. The summed E-state index contributed by atoms with van der Waals surface area (Å²) in [5.74, 6) is -1.70. The van der Waals surface area contributed by atoms with Crippen molar-refractivity contribution in [2.75, 3.05) is 39.3 Å². The average molecular weight is 374 g/mol. The van der Waals surface area contributed by atoms with E-state index in [1.54, 1.807) is 0 Å². The first kappa shape index (κ1) is 22.3. The molecular weight excluding hydrogens is 344 g/mol. The molecule has 0 bridgehead atoms. The number of morpholine rings is 1. The molecule has 150 valence electrons. The number of carboxylic acids is 2. The topological polar surface area (TPSA) is 125 Å². The highest BCUT2D eigenvalue weighted by molar-refractivity contribution is 5.71. The van der Waals surface area contributed by atoms with Crippen LogP contribution in [0.2, 0.25) is 0 Å². The number of carbonyl (C=O) groups excluding carboxylic acids is 1. The first-order valence-corrected chi connectivity index (χ1v) is 8.88. The zero-order valence-electron chi connectivity index (χ0n) is 15.5. The third-order valence-electron chi connectivity index (χ3n) is 4.33. The van der Waals surface area contributed by atoms with Crippen molar-refractivity contribution in [3.05, 3.63) is 0 Å². The maximum atomic E-state index is 11.1. The summed E-state index contributed by atoms with van der Waals surface area (Å²) in [4.78, 5) is 31.5. The minimum Gasteiger partial charge on any atom is -0.481 e. The molecular formula is C17H30N2O7. The van der Waals surface area contributed by atoms with Crippen molar-refractivity contribution in [2.24, 2.45) is 0 Å². The van der Waals surface area contributed by atoms with Gasteiger partial charge in [0.15, 0.2) is 0 Å². The van der Waals surface area contributed by atoms with Gasteiger partial charge in [0.2, 0.25) is 0 Å². The van der Waals surface area contributed by atoms with Gasteiger partial charge in [-0.25, -0.2) is 0 Å². The Bertz CT molecular complexity index is 448. The van der Waals surface area contributed by atoms with Crippen LogP contribution in [0.15, 0.2) is 0 Å². The number of carboxylic acid groups (broad SMARTS) is 2. The summed E-state index contributed by atoms with van der Waals surface area (Å²) in [5, 5.41) is 18.3. The first-order chi connectivity index (χ1) is 12.2. The fourth-order valence-corrected chi connectivity index (χ4v) is 3.17. The Morgan fingerprint density at radius 1 is 1.23 bits per heavy atom. The number of piperidine rings is 1. The van der Waals surface area contributed by atoms with E-state index in [-0.39, 0.29) is 17.7 Å². The van der Waals surface area contributed by atoms with Gasteiger partial charge < -0.3 is 25.0 Å². The maximum absolute atomic E-state index is 11.1. The molecule has 1 spiro atoms. The molecule has 26 heavy (non-hydrogen) atoms. The lowest BCUT2D eigenvalue weighted by Gasteiger charge is -2.44. The van der Waals surface area contributed by atoms with Gasteiger partial charge in [-0.3, -0.25) is 19.3 Å². The van der Waals surface area contributed by atoms with Crippen LogP contribution < -0.4 is 5.32 Å². The van der Waals surface area contributed by atoms with Gasteiger partial charge in [0, 0.05) is 53.0 Å². The van der Waals surface area contributed by atoms with E-state index in [1.165, 1.54) is 0 Å². The highest BCUT2D eigenvalue weighted by Gasteiger charge is 2.37. The second kappa shape index (κ2) is 11.1. The SMILES string of the molecule is CC(=O)O.CC(=O)O.O=C1CCC(CN2CCC3(CC2)CNCCO3)O1. The lowest BCUT2D eigenvalue weighted by molar-refractivity contribution is -0.143. The Morgan fingerprint density at radius 2 is 1.81 bits per heavy atom. The molecule has 3 rings (SSSR count). The molecule has 1 atom stereocenters. The number of ether oxygens (including phenoxy) is 2. The van der Waals surface area contributed by atoms with E-state index in [9.17, 15) is 4.79 Å². The molecule has 3 aliphatic rings. The van der Waals surface area contributed by atoms with Gasteiger partial charge in [-0.2, -0.15) is 0 Å². The third kappa shape index (κ3) is 9.12. The van der Waals surface area contributed by atoms with Crippen molar-refractivity contribution in [1.82, 2.24) is 10.2 Å². The molecule has 3 aliphatic heterocycles. The van der Waals surface area contributed by atoms with Gasteiger partial charge in [-0.15, -0.1) is 0 Å². The number of aliphatic carboxylic acids is 2. The van der Waals surface area contributed by atoms with Gasteiger partial charge >= 0.3 is 5.97 Å². The standard InChI is InChI=1S/C13H22N2O3.2C2H4O2/c16-12-2-1-11(18-12)9-15-6-3-13(4-7-15)10-14-5-8-17-13;2*1-2(3)4/h11,14H,1-10H2;2*1H3,(H,3,4). The molecule has 0 saturated carbocycles. The highest BCUT2D eigenvalue weighted by atomic mass is 16.5. The molecule has 3 heterocycles. The molecule has 0 aromatic carbocycles. The lowest BCUT2D eigenvalue weighted by Crippen LogP contribution is -2.56. The van der Waals surface area contributed by atoms with Crippen LogP contribution in [0.1, 0.15) is 39.5 Å². The number of rotatable bonds is 2. The molecule has 3 saturated heterocycles. The molecule has 1 unspecified atom stereocenters. The summed E-state index contributed by atoms with van der Waals surface area (Å²) in [6, 6.07) is 0. The van der Waals surface area contributed by atoms with Crippen LogP contribution in [-0.4, -0.2) is 84.1 Å². The lowest BCUT2D eigenvalue weighted by atomic mass is 9.90. The van der Waals surface area contributed by atoms with Crippen molar-refractivity contribution in [1.29, 1.82) is 0 Å². The molecule has 0 amide bonds. The van der Waals surface area contributed by atoms with Gasteiger partial charge in [0.1, 0.15) is 6.10 Å². The molecule has 9 heteroatoms. The fourth-order valence-electron chi connectivity index (χ4n) is 3.17. The third-order valence-corrected chi connectivity index (χ3v) is 4.33. The van der Waals surface area contributed by atoms with Gasteiger partial charge in [0.25, 0.3) is 11.9 Å². The summed E-state index contributed by atoms with van der Waals surface area (Å²) in [6.45, 7) is 7.96. The number of nitrogens with one attached hydrogen (secondary N) is 1. The highest BCUT2D eigenvalue weighted by Crippen LogP contribution is 2.28. The van der Waals surface area contributed by atoms with Crippen LogP contribution >= 0.6 is 0 Å². The van der Waals surface area contributed by atoms with E-state index in [2.05, 4.69) is 10.2 Å². The predicted octanol–water partition coefficient (Wildman–Crippen LogP) is 0.328. The summed E-state index contributed by atoms with van der Waals surface area (Å²) in [6.07, 6.45) is 3.77. The second-order valence-electron chi connectivity index (χ2n) is 6.70. The predicted molar refractivity (Wildman–Crippen MR) is 93.0 cm³/mol. The first-order valence-electron chi connectivity index (χ1n) is 8.88. The quantitative estimate of drug-likeness (QED) is 0.586. The monoisotopic (exact) mass is 374 g/mol. The minimum atomic E-state index is -0.833. The molecule has 0 aromatic rings. The van der Waals surface area contributed by atoms with E-state index in [0.29, 0.717) is 6.42 Å². The summed E-state index contributed by atoms with van der Waals surface area (Å²) >= 11 is 0. The van der Waals surface area contributed by atoms with Crippen molar-refractivity contribution < 1.29 is 34.1 Å². The fraction of sp³-hybridized carbons (Fsp3) is 0.824. The molecule has 0 aromatic heterocycles. The smallest absolute Gasteiger partial charge is 0.306 e. The summed E-state index contributed by atoms with van der Waals surface area (Å²) < 4.78 is 11.2. The van der Waals surface area contributed by atoms with E-state index >= 15 is 0 Å².